The van der Waals surface area contributed by atoms with Gasteiger partial charge in [0.25, 0.3) is 0 Å². The van der Waals surface area contributed by atoms with E-state index < -0.39 is 18.1 Å². The first kappa shape index (κ1) is 16.6. The smallest absolute Gasteiger partial charge is 0.450 e. The van der Waals surface area contributed by atoms with Crippen molar-refractivity contribution >= 4 is 40.3 Å². The Labute approximate surface area is 143 Å². The highest BCUT2D eigenvalue weighted by Crippen LogP contribution is 2.42. The van der Waals surface area contributed by atoms with Crippen LogP contribution in [0.5, 0.6) is 0 Å². The van der Waals surface area contributed by atoms with E-state index in [0.717, 1.165) is 6.07 Å². The Morgan fingerprint density at radius 2 is 1.79 bits per heavy atom. The molecule has 0 unspecified atom stereocenters. The van der Waals surface area contributed by atoms with E-state index in [1.54, 1.807) is 30.3 Å². The quantitative estimate of drug-likeness (QED) is 0.606. The van der Waals surface area contributed by atoms with E-state index in [9.17, 15) is 23.1 Å². The van der Waals surface area contributed by atoms with E-state index in [1.165, 1.54) is 0 Å². The summed E-state index contributed by atoms with van der Waals surface area (Å²) < 4.78 is 39.6. The Morgan fingerprint density at radius 1 is 1.17 bits per heavy atom. The maximum atomic E-state index is 13.2. The molecule has 0 fully saturated rings. The lowest BCUT2D eigenvalue weighted by atomic mass is 10.0. The monoisotopic (exact) mass is 374 g/mol. The fourth-order valence-corrected chi connectivity index (χ4v) is 2.86. The van der Waals surface area contributed by atoms with E-state index in [2.05, 4.69) is 4.98 Å². The predicted octanol–water partition coefficient (Wildman–Crippen LogP) is 5.56. The number of carboxylic acid groups (broad SMARTS) is 1. The van der Waals surface area contributed by atoms with Crippen LogP contribution >= 0.6 is 23.2 Å². The normalized spacial score (nSPS) is 11.9. The first-order chi connectivity index (χ1) is 11.2. The standard InChI is InChI=1S/C15H7Cl2F3N2O2/c16-8-6-9-12(10(11(8)17)7-4-2-1-3-5-7)21-13(15(18,19)20)22(9)14(23)24/h1-6H,(H,23,24). The van der Waals surface area contributed by atoms with Crippen LogP contribution in [0.1, 0.15) is 5.82 Å². The highest BCUT2D eigenvalue weighted by atomic mass is 35.5. The van der Waals surface area contributed by atoms with Crippen LogP contribution in [-0.2, 0) is 6.18 Å². The highest BCUT2D eigenvalue weighted by Gasteiger charge is 2.40. The molecule has 0 radical (unpaired) electrons. The van der Waals surface area contributed by atoms with Gasteiger partial charge in [0.1, 0.15) is 0 Å². The summed E-state index contributed by atoms with van der Waals surface area (Å²) in [4.78, 5) is 14.8. The van der Waals surface area contributed by atoms with Crippen LogP contribution in [-0.4, -0.2) is 20.8 Å². The van der Waals surface area contributed by atoms with Gasteiger partial charge in [0.2, 0.25) is 5.82 Å². The molecule has 124 valence electrons. The number of carbonyl (C=O) groups is 1. The summed E-state index contributed by atoms with van der Waals surface area (Å²) in [5.41, 5.74) is 0.137. The molecule has 3 aromatic rings. The molecule has 0 aliphatic rings. The van der Waals surface area contributed by atoms with Crippen molar-refractivity contribution < 1.29 is 23.1 Å². The van der Waals surface area contributed by atoms with Gasteiger partial charge in [-0.15, -0.1) is 0 Å². The Kier molecular flexibility index (Phi) is 3.93. The maximum absolute atomic E-state index is 13.2. The van der Waals surface area contributed by atoms with Gasteiger partial charge in [-0.05, 0) is 11.6 Å². The SMILES string of the molecule is O=C(O)n1c(C(F)(F)F)nc2c(-c3ccccc3)c(Cl)c(Cl)cc21. The van der Waals surface area contributed by atoms with Gasteiger partial charge in [-0.2, -0.15) is 13.2 Å². The lowest BCUT2D eigenvalue weighted by Gasteiger charge is -2.08. The molecule has 0 saturated heterocycles. The second kappa shape index (κ2) is 5.68. The molecule has 0 spiro atoms. The first-order valence-corrected chi connectivity index (χ1v) is 7.23. The van der Waals surface area contributed by atoms with Gasteiger partial charge in [0, 0.05) is 5.56 Å². The number of imidazole rings is 1. The average Bonchev–Trinajstić information content (AvgIpc) is 2.88. The van der Waals surface area contributed by atoms with Gasteiger partial charge < -0.3 is 5.11 Å². The Hall–Kier alpha value is -2.25. The van der Waals surface area contributed by atoms with E-state index in [4.69, 9.17) is 23.2 Å². The van der Waals surface area contributed by atoms with Crippen LogP contribution < -0.4 is 0 Å². The third-order valence-electron chi connectivity index (χ3n) is 3.35. The molecule has 3 rings (SSSR count). The fraction of sp³-hybridized carbons (Fsp3) is 0.0667. The number of nitrogens with zero attached hydrogens (tertiary/aromatic N) is 2. The fourth-order valence-electron chi connectivity index (χ4n) is 2.41. The molecule has 1 N–H and O–H groups in total. The van der Waals surface area contributed by atoms with Gasteiger partial charge >= 0.3 is 12.3 Å². The number of rotatable bonds is 1. The van der Waals surface area contributed by atoms with Crippen LogP contribution in [0.15, 0.2) is 36.4 Å². The number of hydrogen-bond acceptors (Lipinski definition) is 2. The van der Waals surface area contributed by atoms with Crippen LogP contribution in [0, 0.1) is 0 Å². The minimum Gasteiger partial charge on any atom is -0.464 e. The molecule has 1 heterocycles. The highest BCUT2D eigenvalue weighted by molar-refractivity contribution is 6.45. The number of benzene rings is 2. The number of halogens is 5. The molecule has 24 heavy (non-hydrogen) atoms. The van der Waals surface area contributed by atoms with E-state index in [1.807, 2.05) is 0 Å². The molecule has 0 aliphatic heterocycles. The lowest BCUT2D eigenvalue weighted by Crippen LogP contribution is -2.19. The zero-order valence-electron chi connectivity index (χ0n) is 11.6. The summed E-state index contributed by atoms with van der Waals surface area (Å²) in [6.45, 7) is 0. The maximum Gasteiger partial charge on any atom is 0.450 e. The zero-order valence-corrected chi connectivity index (χ0v) is 13.1. The van der Waals surface area contributed by atoms with Gasteiger partial charge in [-0.1, -0.05) is 53.5 Å². The minimum atomic E-state index is -4.95. The van der Waals surface area contributed by atoms with Gasteiger partial charge in [0.15, 0.2) is 0 Å². The summed E-state index contributed by atoms with van der Waals surface area (Å²) in [6, 6.07) is 9.33. The Balaban J connectivity index is 2.50. The molecule has 1 aromatic heterocycles. The summed E-state index contributed by atoms with van der Waals surface area (Å²) in [6.07, 6.45) is -6.77. The largest absolute Gasteiger partial charge is 0.464 e. The minimum absolute atomic E-state index is 0.000806. The van der Waals surface area contributed by atoms with Crippen molar-refractivity contribution in [3.8, 4) is 11.1 Å². The number of fused-ring (bicyclic) bond motifs is 1. The second-order valence-corrected chi connectivity index (χ2v) is 5.62. The van der Waals surface area contributed by atoms with Crippen molar-refractivity contribution in [1.82, 2.24) is 9.55 Å². The first-order valence-electron chi connectivity index (χ1n) is 6.48. The molecule has 4 nitrogen and oxygen atoms in total. The molecule has 0 amide bonds. The molecule has 0 saturated carbocycles. The molecular formula is C15H7Cl2F3N2O2. The van der Waals surface area contributed by atoms with Crippen molar-refractivity contribution in [3.63, 3.8) is 0 Å². The van der Waals surface area contributed by atoms with E-state index in [0.29, 0.717) is 5.56 Å². The van der Waals surface area contributed by atoms with Crippen molar-refractivity contribution in [2.75, 3.05) is 0 Å². The van der Waals surface area contributed by atoms with Crippen molar-refractivity contribution in [2.45, 2.75) is 6.18 Å². The van der Waals surface area contributed by atoms with Gasteiger partial charge in [-0.25, -0.2) is 14.3 Å². The topological polar surface area (TPSA) is 55.1 Å². The number of hydrogen-bond donors (Lipinski definition) is 1. The van der Waals surface area contributed by atoms with Crippen LogP contribution in [0.4, 0.5) is 18.0 Å². The van der Waals surface area contributed by atoms with Gasteiger partial charge in [-0.3, -0.25) is 0 Å². The lowest BCUT2D eigenvalue weighted by molar-refractivity contribution is -0.146. The molecule has 0 bridgehead atoms. The molecular weight excluding hydrogens is 368 g/mol. The summed E-state index contributed by atoms with van der Waals surface area (Å²) in [7, 11) is 0. The molecule has 0 atom stereocenters. The van der Waals surface area contributed by atoms with Gasteiger partial charge in [0.05, 0.1) is 21.1 Å². The summed E-state index contributed by atoms with van der Waals surface area (Å²) in [5, 5.41) is 9.11. The predicted molar refractivity (Wildman–Crippen MR) is 83.6 cm³/mol. The van der Waals surface area contributed by atoms with Crippen LogP contribution in [0.3, 0.4) is 0 Å². The number of aromatic nitrogens is 2. The number of alkyl halides is 3. The van der Waals surface area contributed by atoms with E-state index in [-0.39, 0.29) is 31.2 Å². The van der Waals surface area contributed by atoms with Crippen LogP contribution in [0.2, 0.25) is 10.0 Å². The summed E-state index contributed by atoms with van der Waals surface area (Å²) in [5.74, 6) is -1.56. The Bertz CT molecular complexity index is 953. The second-order valence-electron chi connectivity index (χ2n) is 4.83. The van der Waals surface area contributed by atoms with E-state index >= 15 is 0 Å². The zero-order chi connectivity index (χ0) is 17.6. The third-order valence-corrected chi connectivity index (χ3v) is 4.14. The molecule has 0 aliphatic carbocycles. The van der Waals surface area contributed by atoms with Crippen molar-refractivity contribution in [1.29, 1.82) is 0 Å². The van der Waals surface area contributed by atoms with Crippen molar-refractivity contribution in [3.05, 3.63) is 52.3 Å². The summed E-state index contributed by atoms with van der Waals surface area (Å²) >= 11 is 12.1. The molecule has 9 heteroatoms. The van der Waals surface area contributed by atoms with Crippen LogP contribution in [0.25, 0.3) is 22.2 Å². The average molecular weight is 375 g/mol. The molecule has 2 aromatic carbocycles. The Morgan fingerprint density at radius 3 is 2.33 bits per heavy atom. The third kappa shape index (κ3) is 2.59. The van der Waals surface area contributed by atoms with Crippen molar-refractivity contribution in [2.24, 2.45) is 0 Å².